The molecule has 1 heterocycles. The van der Waals surface area contributed by atoms with Gasteiger partial charge in [-0.1, -0.05) is 37.3 Å². The third kappa shape index (κ3) is 4.97. The van der Waals surface area contributed by atoms with Gasteiger partial charge in [0, 0.05) is 13.0 Å². The Morgan fingerprint density at radius 3 is 2.70 bits per heavy atom. The highest BCUT2D eigenvalue weighted by Crippen LogP contribution is 2.18. The third-order valence-corrected chi connectivity index (χ3v) is 4.20. The fourth-order valence-corrected chi connectivity index (χ4v) is 2.80. The van der Waals surface area contributed by atoms with E-state index in [1.807, 2.05) is 6.07 Å². The third-order valence-electron chi connectivity index (χ3n) is 4.20. The summed E-state index contributed by atoms with van der Waals surface area (Å²) in [6, 6.07) is 10.5. The second-order valence-electron chi connectivity index (χ2n) is 5.85. The van der Waals surface area contributed by atoms with E-state index in [2.05, 4.69) is 41.8 Å². The SMILES string of the molecule is CC(CCNC(=O)CC1CCNCC1)c1ccccc1. The van der Waals surface area contributed by atoms with E-state index in [0.717, 1.165) is 38.9 Å². The molecule has 1 fully saturated rings. The van der Waals surface area contributed by atoms with Crippen LogP contribution < -0.4 is 10.6 Å². The largest absolute Gasteiger partial charge is 0.356 e. The van der Waals surface area contributed by atoms with Crippen molar-refractivity contribution in [2.45, 2.75) is 38.5 Å². The second-order valence-corrected chi connectivity index (χ2v) is 5.85. The van der Waals surface area contributed by atoms with Crippen molar-refractivity contribution < 1.29 is 4.79 Å². The van der Waals surface area contributed by atoms with Gasteiger partial charge in [-0.2, -0.15) is 0 Å². The maximum Gasteiger partial charge on any atom is 0.220 e. The summed E-state index contributed by atoms with van der Waals surface area (Å²) >= 11 is 0. The van der Waals surface area contributed by atoms with Crippen molar-refractivity contribution in [1.82, 2.24) is 10.6 Å². The fraction of sp³-hybridized carbons (Fsp3) is 0.588. The highest BCUT2D eigenvalue weighted by Gasteiger charge is 2.16. The Morgan fingerprint density at radius 1 is 1.30 bits per heavy atom. The summed E-state index contributed by atoms with van der Waals surface area (Å²) in [5.41, 5.74) is 1.35. The Morgan fingerprint density at radius 2 is 2.00 bits per heavy atom. The standard InChI is InChI=1S/C17H26N2O/c1-14(16-5-3-2-4-6-16)7-12-19-17(20)13-15-8-10-18-11-9-15/h2-6,14-15,18H,7-13H2,1H3,(H,19,20). The minimum Gasteiger partial charge on any atom is -0.356 e. The molecule has 0 radical (unpaired) electrons. The van der Waals surface area contributed by atoms with E-state index in [1.165, 1.54) is 5.56 Å². The van der Waals surface area contributed by atoms with Crippen LogP contribution in [0.2, 0.25) is 0 Å². The Labute approximate surface area is 122 Å². The summed E-state index contributed by atoms with van der Waals surface area (Å²) in [4.78, 5) is 11.9. The van der Waals surface area contributed by atoms with Gasteiger partial charge >= 0.3 is 0 Å². The zero-order valence-corrected chi connectivity index (χ0v) is 12.4. The lowest BCUT2D eigenvalue weighted by Gasteiger charge is -2.22. The van der Waals surface area contributed by atoms with E-state index in [-0.39, 0.29) is 5.91 Å². The van der Waals surface area contributed by atoms with Crippen LogP contribution in [0.3, 0.4) is 0 Å². The van der Waals surface area contributed by atoms with Crippen molar-refractivity contribution in [3.05, 3.63) is 35.9 Å². The lowest BCUT2D eigenvalue weighted by molar-refractivity contribution is -0.122. The minimum atomic E-state index is 0.220. The van der Waals surface area contributed by atoms with Crippen molar-refractivity contribution in [2.24, 2.45) is 5.92 Å². The molecular weight excluding hydrogens is 248 g/mol. The summed E-state index contributed by atoms with van der Waals surface area (Å²) < 4.78 is 0. The molecule has 2 N–H and O–H groups in total. The Bertz CT molecular complexity index is 399. The Hall–Kier alpha value is -1.35. The van der Waals surface area contributed by atoms with Gasteiger partial charge in [-0.3, -0.25) is 4.79 Å². The minimum absolute atomic E-state index is 0.220. The van der Waals surface area contributed by atoms with Crippen LogP contribution in [-0.2, 0) is 4.79 Å². The van der Waals surface area contributed by atoms with E-state index in [1.54, 1.807) is 0 Å². The molecule has 1 aromatic rings. The van der Waals surface area contributed by atoms with Gasteiger partial charge in [0.2, 0.25) is 5.91 Å². The van der Waals surface area contributed by atoms with Crippen LogP contribution >= 0.6 is 0 Å². The molecule has 110 valence electrons. The topological polar surface area (TPSA) is 41.1 Å². The van der Waals surface area contributed by atoms with Gasteiger partial charge in [-0.05, 0) is 49.8 Å². The molecule has 0 aliphatic carbocycles. The number of amides is 1. The van der Waals surface area contributed by atoms with Crippen molar-refractivity contribution in [3.8, 4) is 0 Å². The second kappa shape index (κ2) is 8.05. The Balaban J connectivity index is 1.63. The highest BCUT2D eigenvalue weighted by atomic mass is 16.1. The lowest BCUT2D eigenvalue weighted by Crippen LogP contribution is -2.32. The molecule has 0 spiro atoms. The van der Waals surface area contributed by atoms with Crippen molar-refractivity contribution in [2.75, 3.05) is 19.6 Å². The predicted molar refractivity (Wildman–Crippen MR) is 82.7 cm³/mol. The van der Waals surface area contributed by atoms with Crippen LogP contribution in [-0.4, -0.2) is 25.5 Å². The van der Waals surface area contributed by atoms with Gasteiger partial charge in [-0.25, -0.2) is 0 Å². The van der Waals surface area contributed by atoms with Crippen LogP contribution in [0.25, 0.3) is 0 Å². The molecule has 1 amide bonds. The summed E-state index contributed by atoms with van der Waals surface area (Å²) in [7, 11) is 0. The average Bonchev–Trinajstić information content (AvgIpc) is 2.49. The number of rotatable bonds is 6. The molecule has 1 aliphatic heterocycles. The molecule has 3 heteroatoms. The average molecular weight is 274 g/mol. The number of benzene rings is 1. The summed E-state index contributed by atoms with van der Waals surface area (Å²) in [5, 5.41) is 6.40. The smallest absolute Gasteiger partial charge is 0.220 e. The number of carbonyl (C=O) groups is 1. The molecule has 0 bridgehead atoms. The quantitative estimate of drug-likeness (QED) is 0.837. The first-order chi connectivity index (χ1) is 9.75. The molecule has 1 aromatic carbocycles. The first-order valence-corrected chi connectivity index (χ1v) is 7.78. The van der Waals surface area contributed by atoms with Gasteiger partial charge in [0.25, 0.3) is 0 Å². The van der Waals surface area contributed by atoms with Crippen LogP contribution in [0.5, 0.6) is 0 Å². The molecule has 2 rings (SSSR count). The predicted octanol–water partition coefficient (Wildman–Crippen LogP) is 2.69. The molecule has 1 saturated heterocycles. The molecule has 3 nitrogen and oxygen atoms in total. The van der Waals surface area contributed by atoms with Crippen molar-refractivity contribution >= 4 is 5.91 Å². The zero-order chi connectivity index (χ0) is 14.2. The summed E-state index contributed by atoms with van der Waals surface area (Å²) in [5.74, 6) is 1.29. The normalized spacial score (nSPS) is 17.6. The number of hydrogen-bond donors (Lipinski definition) is 2. The first kappa shape index (κ1) is 15.0. The van der Waals surface area contributed by atoms with Gasteiger partial charge in [-0.15, -0.1) is 0 Å². The fourth-order valence-electron chi connectivity index (χ4n) is 2.80. The lowest BCUT2D eigenvalue weighted by atomic mass is 9.94. The van der Waals surface area contributed by atoms with Crippen molar-refractivity contribution in [3.63, 3.8) is 0 Å². The molecule has 20 heavy (non-hydrogen) atoms. The summed E-state index contributed by atoms with van der Waals surface area (Å²) in [6.07, 6.45) is 3.96. The highest BCUT2D eigenvalue weighted by molar-refractivity contribution is 5.76. The van der Waals surface area contributed by atoms with E-state index >= 15 is 0 Å². The molecule has 1 unspecified atom stereocenters. The number of hydrogen-bond acceptors (Lipinski definition) is 2. The molecule has 1 aliphatic rings. The summed E-state index contributed by atoms with van der Waals surface area (Å²) in [6.45, 7) is 5.11. The van der Waals surface area contributed by atoms with Gasteiger partial charge in [0.15, 0.2) is 0 Å². The van der Waals surface area contributed by atoms with Crippen LogP contribution in [0.1, 0.15) is 44.1 Å². The number of carbonyl (C=O) groups excluding carboxylic acids is 1. The Kier molecular flexibility index (Phi) is 6.06. The molecule has 0 aromatic heterocycles. The van der Waals surface area contributed by atoms with Crippen LogP contribution in [0.4, 0.5) is 0 Å². The van der Waals surface area contributed by atoms with E-state index in [9.17, 15) is 4.79 Å². The first-order valence-electron chi connectivity index (χ1n) is 7.78. The molecular formula is C17H26N2O. The zero-order valence-electron chi connectivity index (χ0n) is 12.4. The maximum absolute atomic E-state index is 11.9. The van der Waals surface area contributed by atoms with Crippen LogP contribution in [0.15, 0.2) is 30.3 Å². The molecule has 1 atom stereocenters. The number of nitrogens with one attached hydrogen (secondary N) is 2. The van der Waals surface area contributed by atoms with Gasteiger partial charge in [0.1, 0.15) is 0 Å². The molecule has 0 saturated carbocycles. The number of piperidine rings is 1. The van der Waals surface area contributed by atoms with Crippen LogP contribution in [0, 0.1) is 5.92 Å². The van der Waals surface area contributed by atoms with Gasteiger partial charge < -0.3 is 10.6 Å². The van der Waals surface area contributed by atoms with E-state index in [0.29, 0.717) is 18.3 Å². The monoisotopic (exact) mass is 274 g/mol. The van der Waals surface area contributed by atoms with Gasteiger partial charge in [0.05, 0.1) is 0 Å². The van der Waals surface area contributed by atoms with E-state index in [4.69, 9.17) is 0 Å². The maximum atomic E-state index is 11.9. The van der Waals surface area contributed by atoms with E-state index < -0.39 is 0 Å². The van der Waals surface area contributed by atoms with Crippen molar-refractivity contribution in [1.29, 1.82) is 0 Å².